The van der Waals surface area contributed by atoms with Crippen LogP contribution < -0.4 is 15.5 Å². The fourth-order valence-electron chi connectivity index (χ4n) is 11.6. The van der Waals surface area contributed by atoms with Crippen molar-refractivity contribution in [3.63, 3.8) is 0 Å². The average Bonchev–Trinajstić information content (AvgIpc) is 3.87. The van der Waals surface area contributed by atoms with Crippen molar-refractivity contribution in [3.8, 4) is 12.1 Å². The summed E-state index contributed by atoms with van der Waals surface area (Å²) in [7, 11) is 0. The molecular formula is C51H57Cl4N15O. The molecule has 0 radical (unpaired) electrons. The van der Waals surface area contributed by atoms with E-state index in [0.717, 1.165) is 75.7 Å². The van der Waals surface area contributed by atoms with E-state index in [-0.39, 0.29) is 29.3 Å². The van der Waals surface area contributed by atoms with Crippen LogP contribution in [0.2, 0.25) is 20.1 Å². The van der Waals surface area contributed by atoms with Crippen LogP contribution in [-0.2, 0) is 4.79 Å². The van der Waals surface area contributed by atoms with Gasteiger partial charge in [0, 0.05) is 78.4 Å². The molecule has 20 heteroatoms. The molecule has 4 fully saturated rings. The number of amides is 1. The van der Waals surface area contributed by atoms with Crippen LogP contribution in [0.15, 0.2) is 48.8 Å². The summed E-state index contributed by atoms with van der Waals surface area (Å²) in [5, 5.41) is 32.0. The Morgan fingerprint density at radius 2 is 1.32 bits per heavy atom. The van der Waals surface area contributed by atoms with Gasteiger partial charge in [-0.2, -0.15) is 20.7 Å². The minimum absolute atomic E-state index is 0.169. The van der Waals surface area contributed by atoms with Gasteiger partial charge >= 0.3 is 0 Å². The number of primary amides is 1. The van der Waals surface area contributed by atoms with E-state index in [1.165, 1.54) is 19.4 Å². The number of rotatable bonds is 15. The topological polar surface area (TPSA) is 191 Å². The molecule has 2 N–H and O–H groups in total. The van der Waals surface area contributed by atoms with Crippen molar-refractivity contribution >= 4 is 86.3 Å². The normalized spacial score (nSPS) is 21.3. The Morgan fingerprint density at radius 3 is 1.90 bits per heavy atom. The molecule has 0 bridgehead atoms. The first-order valence-corrected chi connectivity index (χ1v) is 26.2. The second-order valence-corrected chi connectivity index (χ2v) is 22.1. The lowest BCUT2D eigenvalue weighted by molar-refractivity contribution is -0.118. The Bertz CT molecular complexity index is 3040. The molecule has 1 amide bonds. The molecule has 4 saturated heterocycles. The number of carbonyl (C=O) groups is 1. The van der Waals surface area contributed by atoms with E-state index >= 15 is 0 Å². The second-order valence-electron chi connectivity index (χ2n) is 20.4. The summed E-state index contributed by atoms with van der Waals surface area (Å²) in [4.78, 5) is 41.4. The van der Waals surface area contributed by atoms with Crippen molar-refractivity contribution in [2.24, 2.45) is 35.3 Å². The second kappa shape index (κ2) is 20.7. The maximum Gasteiger partial charge on any atom is 0.217 e. The van der Waals surface area contributed by atoms with Gasteiger partial charge < -0.3 is 25.3 Å². The lowest BCUT2D eigenvalue weighted by Gasteiger charge is -2.49. The Labute approximate surface area is 433 Å². The monoisotopic (exact) mass is 1040 g/mol. The molecule has 0 saturated carbocycles. The third kappa shape index (κ3) is 10.1. The first-order valence-electron chi connectivity index (χ1n) is 24.7. The van der Waals surface area contributed by atoms with Crippen molar-refractivity contribution in [2.75, 3.05) is 68.7 Å². The van der Waals surface area contributed by atoms with Gasteiger partial charge in [0.2, 0.25) is 5.91 Å². The summed E-state index contributed by atoms with van der Waals surface area (Å²) >= 11 is 26.5. The van der Waals surface area contributed by atoms with E-state index in [1.807, 2.05) is 29.8 Å². The number of hydrogen-bond donors (Lipinski definition) is 1. The van der Waals surface area contributed by atoms with Crippen molar-refractivity contribution in [3.05, 3.63) is 91.4 Å². The molecule has 71 heavy (non-hydrogen) atoms. The molecule has 4 aliphatic rings. The van der Waals surface area contributed by atoms with Crippen LogP contribution in [0.5, 0.6) is 0 Å². The number of aromatic nitrogens is 8. The van der Waals surface area contributed by atoms with Gasteiger partial charge in [0.25, 0.3) is 0 Å². The zero-order valence-corrected chi connectivity index (χ0v) is 43.1. The highest BCUT2D eigenvalue weighted by Crippen LogP contribution is 2.42. The highest BCUT2D eigenvalue weighted by atomic mass is 35.5. The van der Waals surface area contributed by atoms with Gasteiger partial charge in [-0.25, -0.2) is 29.3 Å². The van der Waals surface area contributed by atoms with Crippen molar-refractivity contribution in [2.45, 2.75) is 77.4 Å². The number of nitrogens with two attached hydrogens (primary N) is 1. The summed E-state index contributed by atoms with van der Waals surface area (Å²) in [5.41, 5.74) is 9.61. The molecule has 2 aromatic carbocycles. The Hall–Kier alpha value is -5.33. The van der Waals surface area contributed by atoms with Crippen LogP contribution in [0, 0.1) is 52.3 Å². The smallest absolute Gasteiger partial charge is 0.217 e. The molecule has 5 unspecified atom stereocenters. The Balaban J connectivity index is 0.912. The van der Waals surface area contributed by atoms with Crippen LogP contribution in [0.4, 0.5) is 11.6 Å². The summed E-state index contributed by atoms with van der Waals surface area (Å²) < 4.78 is 3.59. The van der Waals surface area contributed by atoms with E-state index < -0.39 is 6.04 Å². The maximum absolute atomic E-state index is 11.9. The van der Waals surface area contributed by atoms with Crippen molar-refractivity contribution in [1.82, 2.24) is 49.3 Å². The molecule has 10 rings (SSSR count). The summed E-state index contributed by atoms with van der Waals surface area (Å²) in [6.45, 7) is 14.6. The van der Waals surface area contributed by atoms with Crippen LogP contribution >= 0.6 is 46.4 Å². The van der Waals surface area contributed by atoms with E-state index in [0.29, 0.717) is 97.2 Å². The van der Waals surface area contributed by atoms with Gasteiger partial charge in [0.05, 0.1) is 24.5 Å². The SMILES string of the molecule is CC(C)N1CCCC(C2CN(c3cnc4c(C#N)nn(C(CC5CC(C6CN(c7cnc8c(C#N)nn(C(C)c9ccc(Cl)cc9Cl)c8n7)C6)CN(CCCC(N)=O)C5)c5ccc(Cl)cc5Cl)c4n3)C2)C1. The average molecular weight is 1040 g/mol. The predicted molar refractivity (Wildman–Crippen MR) is 277 cm³/mol. The molecule has 0 aliphatic carbocycles. The minimum Gasteiger partial charge on any atom is -0.370 e. The first kappa shape index (κ1) is 49.3. The lowest BCUT2D eigenvalue weighted by atomic mass is 9.75. The number of benzene rings is 2. The summed E-state index contributed by atoms with van der Waals surface area (Å²) in [6, 6.07) is 15.2. The van der Waals surface area contributed by atoms with Crippen LogP contribution in [-0.4, -0.2) is 120 Å². The Morgan fingerprint density at radius 1 is 0.746 bits per heavy atom. The van der Waals surface area contributed by atoms with E-state index in [1.54, 1.807) is 35.3 Å². The summed E-state index contributed by atoms with van der Waals surface area (Å²) in [6.07, 6.45) is 8.55. The zero-order chi connectivity index (χ0) is 49.7. The lowest BCUT2D eigenvalue weighted by Crippen LogP contribution is -2.55. The number of likely N-dealkylation sites (tertiary alicyclic amines) is 2. The number of nitriles is 2. The molecular weight excluding hydrogens is 980 g/mol. The van der Waals surface area contributed by atoms with Crippen LogP contribution in [0.3, 0.4) is 0 Å². The molecule has 0 spiro atoms. The number of nitrogens with zero attached hydrogens (tertiary/aromatic N) is 14. The molecule has 4 aromatic heterocycles. The highest BCUT2D eigenvalue weighted by Gasteiger charge is 2.41. The van der Waals surface area contributed by atoms with Crippen molar-refractivity contribution < 1.29 is 4.79 Å². The zero-order valence-electron chi connectivity index (χ0n) is 40.1. The third-order valence-electron chi connectivity index (χ3n) is 15.5. The van der Waals surface area contributed by atoms with Crippen molar-refractivity contribution in [1.29, 1.82) is 10.5 Å². The fourth-order valence-corrected chi connectivity index (χ4v) is 12.7. The largest absolute Gasteiger partial charge is 0.370 e. The van der Waals surface area contributed by atoms with E-state index in [9.17, 15) is 15.3 Å². The van der Waals surface area contributed by atoms with Crippen LogP contribution in [0.25, 0.3) is 22.3 Å². The molecule has 16 nitrogen and oxygen atoms in total. The number of carbonyl (C=O) groups excluding carboxylic acids is 1. The molecule has 5 atom stereocenters. The summed E-state index contributed by atoms with van der Waals surface area (Å²) in [5.74, 6) is 3.25. The number of piperidine rings is 2. The number of halogens is 4. The quantitative estimate of drug-likeness (QED) is 0.103. The molecule has 370 valence electrons. The standard InChI is InChI=1S/C51H57Cl4N15O/c1-29(2)66-13-4-6-32(24-66)34-25-67(26-34)47-21-60-49-43(19-57)64-70(51(49)62-47)44(39-11-9-37(53)17-41(39)55)15-31-14-33(23-65(22-31)12-5-7-45(58)71)35-27-68(28-35)46-20-59-48-42(18-56)63-69(50(48)61-46)30(3)38-10-8-36(52)16-40(38)54/h8-11,16-17,20-21,29-35,44H,4-7,12-15,22-28H2,1-3H3,(H2,58,71). The predicted octanol–water partition coefficient (Wildman–Crippen LogP) is 8.81. The van der Waals surface area contributed by atoms with E-state index in [4.69, 9.17) is 77.2 Å². The maximum atomic E-state index is 11.9. The first-order chi connectivity index (χ1) is 34.2. The fraction of sp³-hybridized carbons (Fsp3) is 0.510. The molecule has 8 heterocycles. The molecule has 6 aromatic rings. The third-order valence-corrected chi connectivity index (χ3v) is 16.6. The van der Waals surface area contributed by atoms with Gasteiger partial charge in [-0.3, -0.25) is 4.79 Å². The number of anilines is 2. The number of hydrogen-bond acceptors (Lipinski definition) is 13. The minimum atomic E-state index is -0.397. The highest BCUT2D eigenvalue weighted by molar-refractivity contribution is 6.35. The number of fused-ring (bicyclic) bond motifs is 2. The Kier molecular flexibility index (Phi) is 14.3. The van der Waals surface area contributed by atoms with E-state index in [2.05, 4.69) is 50.7 Å². The van der Waals surface area contributed by atoms with Gasteiger partial charge in [-0.1, -0.05) is 58.5 Å². The van der Waals surface area contributed by atoms with Gasteiger partial charge in [0.1, 0.15) is 34.8 Å². The van der Waals surface area contributed by atoms with Gasteiger partial charge in [-0.05, 0) is 131 Å². The van der Waals surface area contributed by atoms with Crippen LogP contribution in [0.1, 0.15) is 93.9 Å². The van der Waals surface area contributed by atoms with Gasteiger partial charge in [-0.15, -0.1) is 0 Å². The molecule has 4 aliphatic heterocycles. The van der Waals surface area contributed by atoms with Gasteiger partial charge in [0.15, 0.2) is 22.7 Å².